The maximum absolute atomic E-state index is 14.5. The van der Waals surface area contributed by atoms with E-state index in [0.29, 0.717) is 6.54 Å². The molecule has 2 aliphatic rings. The van der Waals surface area contributed by atoms with E-state index in [1.807, 2.05) is 24.3 Å². The summed E-state index contributed by atoms with van der Waals surface area (Å²) in [5.41, 5.74) is 1.15. The van der Waals surface area contributed by atoms with Crippen LogP contribution in [0, 0.1) is 5.82 Å². The number of hydrogen-bond donors (Lipinski definition) is 1. The Morgan fingerprint density at radius 2 is 1.76 bits per heavy atom. The molecule has 1 atom stereocenters. The highest BCUT2D eigenvalue weighted by Crippen LogP contribution is 2.27. The molecule has 1 unspecified atom stereocenters. The number of benzene rings is 2. The molecule has 0 saturated carbocycles. The van der Waals surface area contributed by atoms with Crippen molar-refractivity contribution in [2.24, 2.45) is 0 Å². The molecule has 0 spiro atoms. The van der Waals surface area contributed by atoms with Gasteiger partial charge in [-0.05, 0) is 61.8 Å². The molecule has 2 aromatic carbocycles. The van der Waals surface area contributed by atoms with Gasteiger partial charge in [-0.2, -0.15) is 4.31 Å². The fraction of sp³-hybridized carbons (Fsp3) is 0.458. The second kappa shape index (κ2) is 10.8. The highest BCUT2D eigenvalue weighted by Gasteiger charge is 2.30. The van der Waals surface area contributed by atoms with Crippen molar-refractivity contribution in [1.82, 2.24) is 14.5 Å². The molecule has 0 aromatic heterocycles. The SMILES string of the molecule is COc1ccc(C(CNC(=O)c2ccc(F)c(S(=O)(=O)N3CCOCC3)c2)N2CCCC2)cc1. The number of carbonyl (C=O) groups is 1. The molecule has 2 fully saturated rings. The Bertz CT molecular complexity index is 1100. The van der Waals surface area contributed by atoms with Crippen molar-refractivity contribution < 1.29 is 27.1 Å². The fourth-order valence-electron chi connectivity index (χ4n) is 4.40. The molecular weight excluding hydrogens is 461 g/mol. The van der Waals surface area contributed by atoms with Crippen LogP contribution in [-0.2, 0) is 14.8 Å². The molecule has 34 heavy (non-hydrogen) atoms. The van der Waals surface area contributed by atoms with Crippen LogP contribution in [0.25, 0.3) is 0 Å². The maximum Gasteiger partial charge on any atom is 0.251 e. The van der Waals surface area contributed by atoms with Crippen LogP contribution in [0.5, 0.6) is 5.75 Å². The average molecular weight is 492 g/mol. The van der Waals surface area contributed by atoms with Crippen LogP contribution in [0.1, 0.15) is 34.8 Å². The Labute approximate surface area is 199 Å². The summed E-state index contributed by atoms with van der Waals surface area (Å²) in [5, 5.41) is 2.92. The minimum absolute atomic E-state index is 0.0330. The summed E-state index contributed by atoms with van der Waals surface area (Å²) in [4.78, 5) is 14.8. The summed E-state index contributed by atoms with van der Waals surface area (Å²) < 4.78 is 52.0. The molecule has 2 aliphatic heterocycles. The van der Waals surface area contributed by atoms with E-state index in [0.717, 1.165) is 49.4 Å². The predicted molar refractivity (Wildman–Crippen MR) is 125 cm³/mol. The Hall–Kier alpha value is -2.53. The van der Waals surface area contributed by atoms with Gasteiger partial charge in [0.1, 0.15) is 16.5 Å². The third kappa shape index (κ3) is 5.41. The lowest BCUT2D eigenvalue weighted by Crippen LogP contribution is -2.41. The number of carbonyl (C=O) groups excluding carboxylic acids is 1. The molecule has 0 bridgehead atoms. The summed E-state index contributed by atoms with van der Waals surface area (Å²) in [6.07, 6.45) is 2.20. The van der Waals surface area contributed by atoms with Crippen LogP contribution in [0.4, 0.5) is 4.39 Å². The lowest BCUT2D eigenvalue weighted by atomic mass is 10.0. The Morgan fingerprint density at radius 1 is 1.09 bits per heavy atom. The second-order valence-electron chi connectivity index (χ2n) is 8.40. The zero-order valence-electron chi connectivity index (χ0n) is 19.2. The molecule has 4 rings (SSSR count). The van der Waals surface area contributed by atoms with Gasteiger partial charge in [-0.1, -0.05) is 12.1 Å². The molecular formula is C24H30FN3O5S. The highest BCUT2D eigenvalue weighted by molar-refractivity contribution is 7.89. The summed E-state index contributed by atoms with van der Waals surface area (Å²) in [5.74, 6) is -0.569. The Morgan fingerprint density at radius 3 is 2.41 bits per heavy atom. The van der Waals surface area contributed by atoms with Crippen molar-refractivity contribution >= 4 is 15.9 Å². The summed E-state index contributed by atoms with van der Waals surface area (Å²) >= 11 is 0. The van der Waals surface area contributed by atoms with E-state index in [9.17, 15) is 17.6 Å². The molecule has 2 saturated heterocycles. The standard InChI is InChI=1S/C24H30FN3O5S/c1-32-20-7-4-18(5-8-20)22(27-10-2-3-11-27)17-26-24(29)19-6-9-21(25)23(16-19)34(30,31)28-12-14-33-15-13-28/h4-9,16,22H,2-3,10-15,17H2,1H3,(H,26,29). The number of sulfonamides is 1. The van der Waals surface area contributed by atoms with E-state index in [1.165, 1.54) is 10.4 Å². The highest BCUT2D eigenvalue weighted by atomic mass is 32.2. The summed E-state index contributed by atoms with van der Waals surface area (Å²) in [6, 6.07) is 11.2. The Balaban J connectivity index is 1.51. The largest absolute Gasteiger partial charge is 0.497 e. The maximum atomic E-state index is 14.5. The first-order valence-corrected chi connectivity index (χ1v) is 12.9. The lowest BCUT2D eigenvalue weighted by Gasteiger charge is -2.28. The van der Waals surface area contributed by atoms with Crippen LogP contribution in [-0.4, -0.2) is 76.6 Å². The molecule has 1 amide bonds. The topological polar surface area (TPSA) is 88.2 Å². The number of halogens is 1. The van der Waals surface area contributed by atoms with Crippen molar-refractivity contribution in [2.45, 2.75) is 23.8 Å². The van der Waals surface area contributed by atoms with Gasteiger partial charge in [0.2, 0.25) is 10.0 Å². The molecule has 2 heterocycles. The number of amides is 1. The lowest BCUT2D eigenvalue weighted by molar-refractivity contribution is 0.0729. The van der Waals surface area contributed by atoms with Gasteiger partial charge in [0.05, 0.1) is 26.4 Å². The Kier molecular flexibility index (Phi) is 7.82. The fourth-order valence-corrected chi connectivity index (χ4v) is 5.90. The number of nitrogens with zero attached hydrogens (tertiary/aromatic N) is 2. The van der Waals surface area contributed by atoms with Crippen molar-refractivity contribution in [3.63, 3.8) is 0 Å². The van der Waals surface area contributed by atoms with E-state index in [-0.39, 0.29) is 37.9 Å². The van der Waals surface area contributed by atoms with Gasteiger partial charge < -0.3 is 14.8 Å². The number of morpholine rings is 1. The number of likely N-dealkylation sites (tertiary alicyclic amines) is 1. The van der Waals surface area contributed by atoms with E-state index in [1.54, 1.807) is 7.11 Å². The van der Waals surface area contributed by atoms with Gasteiger partial charge in [0.15, 0.2) is 0 Å². The van der Waals surface area contributed by atoms with Gasteiger partial charge in [0, 0.05) is 25.2 Å². The van der Waals surface area contributed by atoms with Gasteiger partial charge >= 0.3 is 0 Å². The number of rotatable bonds is 8. The first-order chi connectivity index (χ1) is 16.4. The monoisotopic (exact) mass is 491 g/mol. The molecule has 184 valence electrons. The number of hydrogen-bond acceptors (Lipinski definition) is 6. The number of nitrogens with one attached hydrogen (secondary N) is 1. The van der Waals surface area contributed by atoms with Gasteiger partial charge in [-0.15, -0.1) is 0 Å². The molecule has 8 nitrogen and oxygen atoms in total. The van der Waals surface area contributed by atoms with Crippen molar-refractivity contribution in [3.8, 4) is 5.75 Å². The first-order valence-electron chi connectivity index (χ1n) is 11.4. The zero-order valence-corrected chi connectivity index (χ0v) is 20.0. The normalized spacial score (nSPS) is 18.5. The van der Waals surface area contributed by atoms with E-state index in [2.05, 4.69) is 10.2 Å². The van der Waals surface area contributed by atoms with Gasteiger partial charge in [-0.3, -0.25) is 9.69 Å². The number of methoxy groups -OCH3 is 1. The molecule has 0 aliphatic carbocycles. The molecule has 0 radical (unpaired) electrons. The number of ether oxygens (including phenoxy) is 2. The minimum Gasteiger partial charge on any atom is -0.497 e. The predicted octanol–water partition coefficient (Wildman–Crippen LogP) is 2.42. The first kappa shape index (κ1) is 24.6. The molecule has 10 heteroatoms. The van der Waals surface area contributed by atoms with Gasteiger partial charge in [-0.25, -0.2) is 12.8 Å². The van der Waals surface area contributed by atoms with Crippen LogP contribution in [0.3, 0.4) is 0 Å². The molecule has 1 N–H and O–H groups in total. The van der Waals surface area contributed by atoms with E-state index >= 15 is 0 Å². The van der Waals surface area contributed by atoms with Crippen LogP contribution in [0.15, 0.2) is 47.4 Å². The van der Waals surface area contributed by atoms with Crippen molar-refractivity contribution in [2.75, 3.05) is 53.0 Å². The minimum atomic E-state index is -4.06. The zero-order chi connectivity index (χ0) is 24.1. The summed E-state index contributed by atoms with van der Waals surface area (Å²) in [7, 11) is -2.45. The quantitative estimate of drug-likeness (QED) is 0.610. The van der Waals surface area contributed by atoms with E-state index < -0.39 is 26.6 Å². The third-order valence-electron chi connectivity index (χ3n) is 6.32. The smallest absolute Gasteiger partial charge is 0.251 e. The van der Waals surface area contributed by atoms with Crippen LogP contribution < -0.4 is 10.1 Å². The summed E-state index contributed by atoms with van der Waals surface area (Å²) in [6.45, 7) is 3.02. The van der Waals surface area contributed by atoms with E-state index in [4.69, 9.17) is 9.47 Å². The van der Waals surface area contributed by atoms with Crippen molar-refractivity contribution in [3.05, 3.63) is 59.4 Å². The van der Waals surface area contributed by atoms with Crippen molar-refractivity contribution in [1.29, 1.82) is 0 Å². The average Bonchev–Trinajstić information content (AvgIpc) is 3.40. The van der Waals surface area contributed by atoms with Crippen LogP contribution in [0.2, 0.25) is 0 Å². The molecule has 2 aromatic rings. The van der Waals surface area contributed by atoms with Gasteiger partial charge in [0.25, 0.3) is 5.91 Å². The second-order valence-corrected chi connectivity index (χ2v) is 10.3. The third-order valence-corrected chi connectivity index (χ3v) is 8.23. The van der Waals surface area contributed by atoms with Crippen LogP contribution >= 0.6 is 0 Å².